The average Bonchev–Trinajstić information content (AvgIpc) is 2.23. The Morgan fingerprint density at radius 2 is 1.88 bits per heavy atom. The third-order valence-electron chi connectivity index (χ3n) is 2.61. The molecule has 0 atom stereocenters. The van der Waals surface area contributed by atoms with E-state index in [1.165, 1.54) is 17.0 Å². The predicted molar refractivity (Wildman–Crippen MR) is 53.4 cm³/mol. The first kappa shape index (κ1) is 11.9. The molecule has 0 radical (unpaired) electrons. The Morgan fingerprint density at radius 1 is 1.29 bits per heavy atom. The zero-order chi connectivity index (χ0) is 12.6. The van der Waals surface area contributed by atoms with Gasteiger partial charge in [0.1, 0.15) is 0 Å². The van der Waals surface area contributed by atoms with Crippen molar-refractivity contribution in [2.75, 3.05) is 13.1 Å². The molecule has 0 bridgehead atoms. The number of nitrogens with zero attached hydrogens (tertiary/aromatic N) is 1. The molecule has 1 amide bonds. The second-order valence-corrected chi connectivity index (χ2v) is 3.91. The summed E-state index contributed by atoms with van der Waals surface area (Å²) in [5.74, 6) is -0.691. The molecule has 0 aliphatic carbocycles. The molecule has 92 valence electrons. The summed E-state index contributed by atoms with van der Waals surface area (Å²) in [7, 11) is 0. The molecule has 1 aromatic carbocycles. The SMILES string of the molecule is O=C(c1ccccc1C(F)(F)F)N1CC(O)C1. The number of rotatable bonds is 1. The lowest BCUT2D eigenvalue weighted by atomic mass is 10.0. The van der Waals surface area contributed by atoms with Gasteiger partial charge in [0.05, 0.1) is 17.2 Å². The van der Waals surface area contributed by atoms with Crippen LogP contribution >= 0.6 is 0 Å². The van der Waals surface area contributed by atoms with Gasteiger partial charge in [-0.15, -0.1) is 0 Å². The quantitative estimate of drug-likeness (QED) is 0.815. The minimum absolute atomic E-state index is 0.0883. The van der Waals surface area contributed by atoms with Crippen LogP contribution in [0.25, 0.3) is 0 Å². The van der Waals surface area contributed by atoms with E-state index in [4.69, 9.17) is 5.11 Å². The van der Waals surface area contributed by atoms with Crippen LogP contribution in [0, 0.1) is 0 Å². The lowest BCUT2D eigenvalue weighted by Gasteiger charge is -2.36. The van der Waals surface area contributed by atoms with Crippen LogP contribution in [0.1, 0.15) is 15.9 Å². The van der Waals surface area contributed by atoms with Crippen LogP contribution in [-0.4, -0.2) is 35.1 Å². The van der Waals surface area contributed by atoms with E-state index in [0.29, 0.717) is 0 Å². The summed E-state index contributed by atoms with van der Waals surface area (Å²) in [4.78, 5) is 12.9. The summed E-state index contributed by atoms with van der Waals surface area (Å²) < 4.78 is 38.0. The molecule has 1 aromatic rings. The minimum atomic E-state index is -4.55. The maximum absolute atomic E-state index is 12.7. The highest BCUT2D eigenvalue weighted by atomic mass is 19.4. The van der Waals surface area contributed by atoms with E-state index in [1.54, 1.807) is 0 Å². The van der Waals surface area contributed by atoms with Crippen LogP contribution in [0.3, 0.4) is 0 Å². The summed E-state index contributed by atoms with van der Waals surface area (Å²) in [6.45, 7) is 0.177. The fraction of sp³-hybridized carbons (Fsp3) is 0.364. The topological polar surface area (TPSA) is 40.5 Å². The average molecular weight is 245 g/mol. The van der Waals surface area contributed by atoms with Crippen molar-refractivity contribution in [3.63, 3.8) is 0 Å². The lowest BCUT2D eigenvalue weighted by Crippen LogP contribution is -2.53. The van der Waals surface area contributed by atoms with Gasteiger partial charge in [0, 0.05) is 13.1 Å². The number of benzene rings is 1. The third-order valence-corrected chi connectivity index (χ3v) is 2.61. The number of aliphatic hydroxyl groups excluding tert-OH is 1. The molecule has 0 unspecified atom stereocenters. The van der Waals surface area contributed by atoms with Crippen molar-refractivity contribution >= 4 is 5.91 Å². The first-order valence-corrected chi connectivity index (χ1v) is 5.03. The second-order valence-electron chi connectivity index (χ2n) is 3.91. The highest BCUT2D eigenvalue weighted by molar-refractivity contribution is 5.96. The van der Waals surface area contributed by atoms with Gasteiger partial charge in [0.15, 0.2) is 0 Å². The van der Waals surface area contributed by atoms with Crippen molar-refractivity contribution < 1.29 is 23.1 Å². The van der Waals surface area contributed by atoms with Gasteiger partial charge in [-0.05, 0) is 12.1 Å². The molecular weight excluding hydrogens is 235 g/mol. The van der Waals surface area contributed by atoms with Gasteiger partial charge in [-0.2, -0.15) is 13.2 Å². The molecule has 0 aromatic heterocycles. The van der Waals surface area contributed by atoms with Crippen molar-refractivity contribution in [2.45, 2.75) is 12.3 Å². The number of halogens is 3. The highest BCUT2D eigenvalue weighted by Crippen LogP contribution is 2.32. The number of alkyl halides is 3. The number of carbonyl (C=O) groups excluding carboxylic acids is 1. The van der Waals surface area contributed by atoms with E-state index in [-0.39, 0.29) is 18.7 Å². The van der Waals surface area contributed by atoms with Gasteiger partial charge in [-0.1, -0.05) is 12.1 Å². The summed E-state index contributed by atoms with van der Waals surface area (Å²) in [5, 5.41) is 9.03. The van der Waals surface area contributed by atoms with Crippen molar-refractivity contribution in [2.24, 2.45) is 0 Å². The Labute approximate surface area is 95.5 Å². The second kappa shape index (κ2) is 4.03. The Hall–Kier alpha value is -1.56. The number of likely N-dealkylation sites (tertiary alicyclic amines) is 1. The predicted octanol–water partition coefficient (Wildman–Crippen LogP) is 1.52. The maximum Gasteiger partial charge on any atom is 0.417 e. The first-order valence-electron chi connectivity index (χ1n) is 5.03. The molecule has 1 saturated heterocycles. The zero-order valence-corrected chi connectivity index (χ0v) is 8.74. The highest BCUT2D eigenvalue weighted by Gasteiger charge is 2.38. The van der Waals surface area contributed by atoms with Gasteiger partial charge < -0.3 is 10.0 Å². The largest absolute Gasteiger partial charge is 0.417 e. The van der Waals surface area contributed by atoms with Gasteiger partial charge in [-0.25, -0.2) is 0 Å². The summed E-state index contributed by atoms with van der Waals surface area (Å²) >= 11 is 0. The fourth-order valence-corrected chi connectivity index (χ4v) is 1.71. The Kier molecular flexibility index (Phi) is 2.82. The van der Waals surface area contributed by atoms with Crippen LogP contribution in [0.5, 0.6) is 0 Å². The standard InChI is InChI=1S/C11H10F3NO2/c12-11(13,14)9-4-2-1-3-8(9)10(17)15-5-7(16)6-15/h1-4,7,16H,5-6H2. The van der Waals surface area contributed by atoms with E-state index < -0.39 is 23.8 Å². The van der Waals surface area contributed by atoms with Gasteiger partial charge in [-0.3, -0.25) is 4.79 Å². The Bertz CT molecular complexity index is 439. The number of carbonyl (C=O) groups is 1. The molecule has 0 saturated carbocycles. The van der Waals surface area contributed by atoms with Crippen LogP contribution in [0.4, 0.5) is 13.2 Å². The van der Waals surface area contributed by atoms with Crippen LogP contribution in [0.2, 0.25) is 0 Å². The zero-order valence-electron chi connectivity index (χ0n) is 8.74. The molecular formula is C11H10F3NO2. The fourth-order valence-electron chi connectivity index (χ4n) is 1.71. The van der Waals surface area contributed by atoms with Gasteiger partial charge in [0.2, 0.25) is 0 Å². The lowest BCUT2D eigenvalue weighted by molar-refractivity contribution is -0.138. The molecule has 17 heavy (non-hydrogen) atoms. The van der Waals surface area contributed by atoms with E-state index >= 15 is 0 Å². The van der Waals surface area contributed by atoms with Gasteiger partial charge >= 0.3 is 6.18 Å². The van der Waals surface area contributed by atoms with Crippen LogP contribution in [0.15, 0.2) is 24.3 Å². The molecule has 1 aliphatic rings. The summed E-state index contributed by atoms with van der Waals surface area (Å²) in [6, 6.07) is 4.66. The minimum Gasteiger partial charge on any atom is -0.389 e. The van der Waals surface area contributed by atoms with E-state index in [9.17, 15) is 18.0 Å². The van der Waals surface area contributed by atoms with E-state index in [0.717, 1.165) is 12.1 Å². The van der Waals surface area contributed by atoms with Crippen molar-refractivity contribution in [1.29, 1.82) is 0 Å². The first-order chi connectivity index (χ1) is 7.89. The van der Waals surface area contributed by atoms with Crippen LogP contribution in [-0.2, 0) is 6.18 Å². The summed E-state index contributed by atoms with van der Waals surface area (Å²) in [5.41, 5.74) is -1.31. The number of β-amino-alcohol motifs (C(OH)–C–C–N with tert-alkyl or cyclic N) is 1. The van der Waals surface area contributed by atoms with Gasteiger partial charge in [0.25, 0.3) is 5.91 Å². The Morgan fingerprint density at radius 3 is 2.41 bits per heavy atom. The smallest absolute Gasteiger partial charge is 0.389 e. The molecule has 2 rings (SSSR count). The third kappa shape index (κ3) is 2.26. The normalized spacial score (nSPS) is 16.8. The molecule has 1 heterocycles. The number of amides is 1. The molecule has 1 N–H and O–H groups in total. The Balaban J connectivity index is 2.29. The number of hydrogen-bond acceptors (Lipinski definition) is 2. The molecule has 6 heteroatoms. The van der Waals surface area contributed by atoms with Crippen molar-refractivity contribution in [1.82, 2.24) is 4.90 Å². The molecule has 1 fully saturated rings. The number of aliphatic hydroxyl groups is 1. The maximum atomic E-state index is 12.7. The van der Waals surface area contributed by atoms with Crippen LogP contribution < -0.4 is 0 Å². The molecule has 0 spiro atoms. The number of hydrogen-bond donors (Lipinski definition) is 1. The van der Waals surface area contributed by atoms with E-state index in [1.807, 2.05) is 0 Å². The van der Waals surface area contributed by atoms with Crippen molar-refractivity contribution in [3.05, 3.63) is 35.4 Å². The van der Waals surface area contributed by atoms with Crippen molar-refractivity contribution in [3.8, 4) is 0 Å². The van der Waals surface area contributed by atoms with E-state index in [2.05, 4.69) is 0 Å². The molecule has 3 nitrogen and oxygen atoms in total. The monoisotopic (exact) mass is 245 g/mol. The molecule has 1 aliphatic heterocycles. The summed E-state index contributed by atoms with van der Waals surface area (Å²) in [6.07, 6.45) is -5.17.